The molecular formula is C11H15NO. The maximum Gasteiger partial charge on any atom is 0.121 e. The molecule has 1 N–H and O–H groups in total. The van der Waals surface area contributed by atoms with Gasteiger partial charge in [-0.1, -0.05) is 19.3 Å². The van der Waals surface area contributed by atoms with Gasteiger partial charge in [-0.15, -0.1) is 0 Å². The largest absolute Gasteiger partial charge is 0.468 e. The Morgan fingerprint density at radius 3 is 2.77 bits per heavy atom. The van der Waals surface area contributed by atoms with E-state index in [9.17, 15) is 0 Å². The second kappa shape index (κ2) is 2.88. The summed E-state index contributed by atoms with van der Waals surface area (Å²) in [5, 5.41) is 3.45. The molecule has 0 spiro atoms. The Hall–Kier alpha value is -0.760. The van der Waals surface area contributed by atoms with Gasteiger partial charge in [-0.2, -0.15) is 0 Å². The zero-order chi connectivity index (χ0) is 8.67. The lowest BCUT2D eigenvalue weighted by molar-refractivity contribution is 0.0818. The Morgan fingerprint density at radius 2 is 2.31 bits per heavy atom. The van der Waals surface area contributed by atoms with Gasteiger partial charge >= 0.3 is 0 Å². The summed E-state index contributed by atoms with van der Waals surface area (Å²) in [4.78, 5) is 0. The molecule has 0 radical (unpaired) electrons. The first kappa shape index (κ1) is 7.63. The summed E-state index contributed by atoms with van der Waals surface area (Å²) in [6.07, 6.45) is 6.08. The zero-order valence-corrected chi connectivity index (χ0v) is 7.70. The number of nitrogens with one attached hydrogen (secondary N) is 1. The van der Waals surface area contributed by atoms with Crippen LogP contribution in [0.1, 0.15) is 31.1 Å². The lowest BCUT2D eigenvalue weighted by Crippen LogP contribution is -2.50. The normalized spacial score (nSPS) is 33.8. The molecule has 2 fully saturated rings. The summed E-state index contributed by atoms with van der Waals surface area (Å²) in [6.45, 7) is 1.19. The topological polar surface area (TPSA) is 25.2 Å². The number of rotatable bonds is 2. The predicted octanol–water partition coefficient (Wildman–Crippen LogP) is 2.34. The molecule has 70 valence electrons. The number of furan rings is 1. The van der Waals surface area contributed by atoms with Crippen LogP contribution in [-0.2, 0) is 0 Å². The maximum absolute atomic E-state index is 5.42. The fourth-order valence-electron chi connectivity index (χ4n) is 2.46. The molecule has 2 nitrogen and oxygen atoms in total. The molecule has 1 aromatic rings. The molecule has 1 aliphatic carbocycles. The minimum absolute atomic E-state index is 0.514. The molecule has 0 aromatic carbocycles. The van der Waals surface area contributed by atoms with Crippen molar-refractivity contribution < 1.29 is 4.42 Å². The lowest BCUT2D eigenvalue weighted by Gasteiger charge is -2.45. The lowest BCUT2D eigenvalue weighted by atomic mass is 9.69. The van der Waals surface area contributed by atoms with Crippen molar-refractivity contribution in [1.82, 2.24) is 5.32 Å². The monoisotopic (exact) mass is 177 g/mol. The molecule has 2 heterocycles. The Labute approximate surface area is 78.3 Å². The van der Waals surface area contributed by atoms with E-state index in [0.717, 1.165) is 17.6 Å². The summed E-state index contributed by atoms with van der Waals surface area (Å²) in [5.74, 6) is 2.94. The van der Waals surface area contributed by atoms with Crippen LogP contribution in [0.3, 0.4) is 0 Å². The summed E-state index contributed by atoms with van der Waals surface area (Å²) in [5.41, 5.74) is 0. The standard InChI is InChI=1S/C11H15NO/c1-3-8(4-1)9-7-12-11(9)10-5-2-6-13-10/h2,5-6,8-9,11-12H,1,3-4,7H2. The van der Waals surface area contributed by atoms with Crippen molar-refractivity contribution in [3.63, 3.8) is 0 Å². The van der Waals surface area contributed by atoms with Gasteiger partial charge in [-0.25, -0.2) is 0 Å². The smallest absolute Gasteiger partial charge is 0.121 e. The van der Waals surface area contributed by atoms with Crippen molar-refractivity contribution in [3.8, 4) is 0 Å². The molecule has 1 aliphatic heterocycles. The molecule has 1 saturated carbocycles. The molecule has 2 unspecified atom stereocenters. The van der Waals surface area contributed by atoms with Crippen LogP contribution < -0.4 is 5.32 Å². The second-order valence-corrected chi connectivity index (χ2v) is 4.26. The van der Waals surface area contributed by atoms with E-state index in [2.05, 4.69) is 11.4 Å². The van der Waals surface area contributed by atoms with Crippen LogP contribution in [0.15, 0.2) is 22.8 Å². The third-order valence-corrected chi connectivity index (χ3v) is 3.61. The van der Waals surface area contributed by atoms with Crippen LogP contribution in [-0.4, -0.2) is 6.54 Å². The van der Waals surface area contributed by atoms with E-state index in [-0.39, 0.29) is 0 Å². The van der Waals surface area contributed by atoms with E-state index in [1.807, 2.05) is 6.07 Å². The summed E-state index contributed by atoms with van der Waals surface area (Å²) >= 11 is 0. The van der Waals surface area contributed by atoms with Gasteiger partial charge in [-0.3, -0.25) is 0 Å². The van der Waals surface area contributed by atoms with Crippen LogP contribution in [0.5, 0.6) is 0 Å². The van der Waals surface area contributed by atoms with Crippen LogP contribution in [0.2, 0.25) is 0 Å². The highest BCUT2D eigenvalue weighted by molar-refractivity contribution is 5.11. The van der Waals surface area contributed by atoms with Crippen molar-refractivity contribution in [3.05, 3.63) is 24.2 Å². The molecule has 0 bridgehead atoms. The molecule has 0 amide bonds. The van der Waals surface area contributed by atoms with Crippen molar-refractivity contribution in [2.24, 2.45) is 11.8 Å². The first-order valence-electron chi connectivity index (χ1n) is 5.22. The highest BCUT2D eigenvalue weighted by atomic mass is 16.3. The maximum atomic E-state index is 5.42. The van der Waals surface area contributed by atoms with Gasteiger partial charge in [0, 0.05) is 6.54 Å². The fraction of sp³-hybridized carbons (Fsp3) is 0.636. The van der Waals surface area contributed by atoms with E-state index in [1.165, 1.54) is 25.8 Å². The molecule has 1 saturated heterocycles. The molecule has 3 rings (SSSR count). The van der Waals surface area contributed by atoms with Gasteiger partial charge < -0.3 is 9.73 Å². The molecule has 13 heavy (non-hydrogen) atoms. The van der Waals surface area contributed by atoms with Crippen molar-refractivity contribution in [2.45, 2.75) is 25.3 Å². The first-order chi connectivity index (χ1) is 6.45. The zero-order valence-electron chi connectivity index (χ0n) is 7.70. The van der Waals surface area contributed by atoms with Gasteiger partial charge in [0.25, 0.3) is 0 Å². The minimum atomic E-state index is 0.514. The average Bonchev–Trinajstić information content (AvgIpc) is 2.46. The Balaban J connectivity index is 1.72. The molecule has 2 atom stereocenters. The van der Waals surface area contributed by atoms with Crippen LogP contribution in [0, 0.1) is 11.8 Å². The van der Waals surface area contributed by atoms with E-state index in [0.29, 0.717) is 6.04 Å². The highest BCUT2D eigenvalue weighted by Gasteiger charge is 2.40. The number of hydrogen-bond donors (Lipinski definition) is 1. The highest BCUT2D eigenvalue weighted by Crippen LogP contribution is 2.43. The Morgan fingerprint density at radius 1 is 1.38 bits per heavy atom. The van der Waals surface area contributed by atoms with Crippen molar-refractivity contribution in [1.29, 1.82) is 0 Å². The van der Waals surface area contributed by atoms with Gasteiger partial charge in [0.05, 0.1) is 12.3 Å². The van der Waals surface area contributed by atoms with Crippen molar-refractivity contribution >= 4 is 0 Å². The van der Waals surface area contributed by atoms with Gasteiger partial charge in [-0.05, 0) is 24.0 Å². The Kier molecular flexibility index (Phi) is 1.69. The van der Waals surface area contributed by atoms with Crippen LogP contribution in [0.4, 0.5) is 0 Å². The van der Waals surface area contributed by atoms with Gasteiger partial charge in [0.15, 0.2) is 0 Å². The molecular weight excluding hydrogens is 162 g/mol. The minimum Gasteiger partial charge on any atom is -0.468 e. The molecule has 2 heteroatoms. The number of hydrogen-bond acceptors (Lipinski definition) is 2. The fourth-order valence-corrected chi connectivity index (χ4v) is 2.46. The third-order valence-electron chi connectivity index (χ3n) is 3.61. The Bertz CT molecular complexity index is 276. The van der Waals surface area contributed by atoms with E-state index >= 15 is 0 Å². The SMILES string of the molecule is c1coc(C2NCC2C2CCC2)c1. The molecule has 1 aromatic heterocycles. The summed E-state index contributed by atoms with van der Waals surface area (Å²) in [6, 6.07) is 4.58. The average molecular weight is 177 g/mol. The molecule has 2 aliphatic rings. The third kappa shape index (κ3) is 1.12. The quantitative estimate of drug-likeness (QED) is 0.750. The summed E-state index contributed by atoms with van der Waals surface area (Å²) < 4.78 is 5.42. The van der Waals surface area contributed by atoms with Crippen LogP contribution >= 0.6 is 0 Å². The van der Waals surface area contributed by atoms with E-state index in [4.69, 9.17) is 4.42 Å². The van der Waals surface area contributed by atoms with Gasteiger partial charge in [0.1, 0.15) is 5.76 Å². The first-order valence-corrected chi connectivity index (χ1v) is 5.22. The van der Waals surface area contributed by atoms with Crippen LogP contribution in [0.25, 0.3) is 0 Å². The second-order valence-electron chi connectivity index (χ2n) is 4.26. The summed E-state index contributed by atoms with van der Waals surface area (Å²) in [7, 11) is 0. The van der Waals surface area contributed by atoms with E-state index in [1.54, 1.807) is 6.26 Å². The predicted molar refractivity (Wildman–Crippen MR) is 50.3 cm³/mol. The van der Waals surface area contributed by atoms with Crippen molar-refractivity contribution in [2.75, 3.05) is 6.54 Å². The van der Waals surface area contributed by atoms with E-state index < -0.39 is 0 Å². The van der Waals surface area contributed by atoms with Gasteiger partial charge in [0.2, 0.25) is 0 Å².